The van der Waals surface area contributed by atoms with Gasteiger partial charge in [0.2, 0.25) is 0 Å². The molecule has 0 N–H and O–H groups in total. The molecule has 3 heteroatoms. The van der Waals surface area contributed by atoms with Gasteiger partial charge in [0.15, 0.2) is 0 Å². The summed E-state index contributed by atoms with van der Waals surface area (Å²) in [6.07, 6.45) is 0.683. The molecule has 96 valence electrons. The normalized spacial score (nSPS) is 11.6. The lowest BCUT2D eigenvalue weighted by molar-refractivity contribution is 0.414. The molecule has 19 heavy (non-hydrogen) atoms. The van der Waals surface area contributed by atoms with Gasteiger partial charge in [0.1, 0.15) is 5.75 Å². The molecule has 2 aromatic carbocycles. The molecule has 0 unspecified atom stereocenters. The molecule has 0 bridgehead atoms. The van der Waals surface area contributed by atoms with E-state index in [2.05, 4.69) is 6.07 Å². The third-order valence-electron chi connectivity index (χ3n) is 3.03. The Morgan fingerprint density at radius 1 is 1.11 bits per heavy atom. The highest BCUT2D eigenvalue weighted by Crippen LogP contribution is 2.23. The lowest BCUT2D eigenvalue weighted by atomic mass is 9.93. The number of nitrogens with zero attached hydrogens (tertiary/aromatic N) is 1. The molecular weight excluding hydrogens is 258 g/mol. The van der Waals surface area contributed by atoms with Gasteiger partial charge in [-0.25, -0.2) is 0 Å². The summed E-state index contributed by atoms with van der Waals surface area (Å²) in [5.41, 5.74) is 2.10. The van der Waals surface area contributed by atoms with Gasteiger partial charge in [-0.2, -0.15) is 5.26 Å². The van der Waals surface area contributed by atoms with Crippen LogP contribution in [-0.4, -0.2) is 7.11 Å². The number of rotatable bonds is 4. The van der Waals surface area contributed by atoms with Crippen molar-refractivity contribution < 1.29 is 4.74 Å². The quantitative estimate of drug-likeness (QED) is 0.835. The molecule has 1 atom stereocenters. The highest BCUT2D eigenvalue weighted by atomic mass is 35.5. The molecular formula is C16H14ClNO. The average Bonchev–Trinajstić information content (AvgIpc) is 2.46. The second-order valence-corrected chi connectivity index (χ2v) is 4.72. The summed E-state index contributed by atoms with van der Waals surface area (Å²) in [5.74, 6) is 0.661. The van der Waals surface area contributed by atoms with Crippen molar-refractivity contribution >= 4 is 11.6 Å². The fourth-order valence-corrected chi connectivity index (χ4v) is 2.06. The van der Waals surface area contributed by atoms with Crippen LogP contribution in [0.3, 0.4) is 0 Å². The van der Waals surface area contributed by atoms with Crippen LogP contribution in [0, 0.1) is 11.3 Å². The minimum atomic E-state index is -0.161. The minimum absolute atomic E-state index is 0.161. The lowest BCUT2D eigenvalue weighted by Gasteiger charge is -2.10. The number of ether oxygens (including phenoxy) is 1. The van der Waals surface area contributed by atoms with Crippen LogP contribution in [-0.2, 0) is 6.42 Å². The van der Waals surface area contributed by atoms with Gasteiger partial charge in [-0.05, 0) is 41.8 Å². The van der Waals surface area contributed by atoms with Crippen LogP contribution in [0.15, 0.2) is 48.5 Å². The van der Waals surface area contributed by atoms with E-state index in [1.165, 1.54) is 0 Å². The standard InChI is InChI=1S/C16H14ClNO/c1-19-16-8-2-12(3-9-16)10-14(11-18)13-4-6-15(17)7-5-13/h2-9,14H,10H2,1H3/t14-/m1/s1. The van der Waals surface area contributed by atoms with Crippen LogP contribution in [0.1, 0.15) is 17.0 Å². The van der Waals surface area contributed by atoms with E-state index < -0.39 is 0 Å². The van der Waals surface area contributed by atoms with Crippen molar-refractivity contribution in [1.82, 2.24) is 0 Å². The Balaban J connectivity index is 2.14. The molecule has 0 saturated carbocycles. The molecule has 0 aliphatic rings. The number of nitriles is 1. The molecule has 0 aliphatic heterocycles. The molecule has 0 aliphatic carbocycles. The van der Waals surface area contributed by atoms with Crippen molar-refractivity contribution in [2.75, 3.05) is 7.11 Å². The molecule has 0 amide bonds. The first-order valence-corrected chi connectivity index (χ1v) is 6.38. The van der Waals surface area contributed by atoms with E-state index in [0.717, 1.165) is 16.9 Å². The summed E-state index contributed by atoms with van der Waals surface area (Å²) in [6, 6.07) is 17.6. The van der Waals surface area contributed by atoms with Gasteiger partial charge < -0.3 is 4.74 Å². The maximum Gasteiger partial charge on any atom is 0.118 e. The molecule has 2 aromatic rings. The van der Waals surface area contributed by atoms with Crippen LogP contribution in [0.5, 0.6) is 5.75 Å². The van der Waals surface area contributed by atoms with Crippen molar-refractivity contribution in [3.63, 3.8) is 0 Å². The maximum absolute atomic E-state index is 9.30. The summed E-state index contributed by atoms with van der Waals surface area (Å²) in [4.78, 5) is 0. The van der Waals surface area contributed by atoms with E-state index in [-0.39, 0.29) is 5.92 Å². The van der Waals surface area contributed by atoms with Crippen molar-refractivity contribution in [2.45, 2.75) is 12.3 Å². The molecule has 0 radical (unpaired) electrons. The van der Waals surface area contributed by atoms with Crippen molar-refractivity contribution in [1.29, 1.82) is 5.26 Å². The first-order chi connectivity index (χ1) is 9.22. The number of halogens is 1. The predicted molar refractivity (Wildman–Crippen MR) is 76.5 cm³/mol. The molecule has 0 saturated heterocycles. The summed E-state index contributed by atoms with van der Waals surface area (Å²) in [5, 5.41) is 9.99. The van der Waals surface area contributed by atoms with E-state index in [0.29, 0.717) is 11.4 Å². The summed E-state index contributed by atoms with van der Waals surface area (Å²) in [6.45, 7) is 0. The van der Waals surface area contributed by atoms with Crippen molar-refractivity contribution in [3.05, 3.63) is 64.7 Å². The van der Waals surface area contributed by atoms with Gasteiger partial charge in [0.05, 0.1) is 19.1 Å². The minimum Gasteiger partial charge on any atom is -0.497 e. The number of benzene rings is 2. The van der Waals surface area contributed by atoms with Gasteiger partial charge in [0.25, 0.3) is 0 Å². The van der Waals surface area contributed by atoms with Gasteiger partial charge in [-0.3, -0.25) is 0 Å². The molecule has 0 aromatic heterocycles. The number of methoxy groups -OCH3 is 1. The topological polar surface area (TPSA) is 33.0 Å². The highest BCUT2D eigenvalue weighted by Gasteiger charge is 2.11. The van der Waals surface area contributed by atoms with E-state index in [9.17, 15) is 5.26 Å². The zero-order valence-corrected chi connectivity index (χ0v) is 11.4. The monoisotopic (exact) mass is 271 g/mol. The average molecular weight is 272 g/mol. The molecule has 2 nitrogen and oxygen atoms in total. The fourth-order valence-electron chi connectivity index (χ4n) is 1.93. The summed E-state index contributed by atoms with van der Waals surface area (Å²) < 4.78 is 5.12. The van der Waals surface area contributed by atoms with Gasteiger partial charge in [0, 0.05) is 5.02 Å². The number of hydrogen-bond acceptors (Lipinski definition) is 2. The van der Waals surface area contributed by atoms with Crippen molar-refractivity contribution in [3.8, 4) is 11.8 Å². The third-order valence-corrected chi connectivity index (χ3v) is 3.28. The molecule has 0 heterocycles. The Bertz CT molecular complexity index is 569. The fraction of sp³-hybridized carbons (Fsp3) is 0.188. The van der Waals surface area contributed by atoms with Crippen molar-refractivity contribution in [2.24, 2.45) is 0 Å². The number of hydrogen-bond donors (Lipinski definition) is 0. The van der Waals surface area contributed by atoms with E-state index in [4.69, 9.17) is 16.3 Å². The Hall–Kier alpha value is -1.98. The Kier molecular flexibility index (Phi) is 4.43. The van der Waals surface area contributed by atoms with Crippen LogP contribution in [0.25, 0.3) is 0 Å². The first-order valence-electron chi connectivity index (χ1n) is 6.01. The Labute approximate surface area is 118 Å². The molecule has 2 rings (SSSR count). The molecule has 0 spiro atoms. The second kappa shape index (κ2) is 6.26. The SMILES string of the molecule is COc1ccc(C[C@H](C#N)c2ccc(Cl)cc2)cc1. The third kappa shape index (κ3) is 3.49. The van der Waals surface area contributed by atoms with E-state index >= 15 is 0 Å². The Morgan fingerprint density at radius 2 is 1.74 bits per heavy atom. The lowest BCUT2D eigenvalue weighted by Crippen LogP contribution is -2.00. The largest absolute Gasteiger partial charge is 0.497 e. The summed E-state index contributed by atoms with van der Waals surface area (Å²) in [7, 11) is 1.64. The zero-order valence-electron chi connectivity index (χ0n) is 10.6. The van der Waals surface area contributed by atoms with E-state index in [1.54, 1.807) is 7.11 Å². The predicted octanol–water partition coefficient (Wildman–Crippen LogP) is 4.20. The van der Waals surface area contributed by atoms with Crippen LogP contribution < -0.4 is 4.74 Å². The van der Waals surface area contributed by atoms with Crippen LogP contribution in [0.4, 0.5) is 0 Å². The Morgan fingerprint density at radius 3 is 2.26 bits per heavy atom. The van der Waals surface area contributed by atoms with Crippen LogP contribution in [0.2, 0.25) is 5.02 Å². The maximum atomic E-state index is 9.30. The second-order valence-electron chi connectivity index (χ2n) is 4.29. The van der Waals surface area contributed by atoms with Crippen LogP contribution >= 0.6 is 11.6 Å². The first kappa shape index (κ1) is 13.5. The van der Waals surface area contributed by atoms with E-state index in [1.807, 2.05) is 48.5 Å². The molecule has 0 fully saturated rings. The zero-order chi connectivity index (χ0) is 13.7. The van der Waals surface area contributed by atoms with Gasteiger partial charge >= 0.3 is 0 Å². The smallest absolute Gasteiger partial charge is 0.118 e. The van der Waals surface area contributed by atoms with Gasteiger partial charge in [-0.15, -0.1) is 0 Å². The summed E-state index contributed by atoms with van der Waals surface area (Å²) >= 11 is 5.86. The van der Waals surface area contributed by atoms with Gasteiger partial charge in [-0.1, -0.05) is 35.9 Å². The highest BCUT2D eigenvalue weighted by molar-refractivity contribution is 6.30.